The molecular weight excluding hydrogens is 281 g/mol. The Balaban J connectivity index is 2.05. The summed E-state index contributed by atoms with van der Waals surface area (Å²) in [5.41, 5.74) is -1.31. The van der Waals surface area contributed by atoms with Crippen LogP contribution in [-0.4, -0.2) is 18.0 Å². The zero-order valence-electron chi connectivity index (χ0n) is 11.9. The largest absolute Gasteiger partial charge is 0.416 e. The summed E-state index contributed by atoms with van der Waals surface area (Å²) in [5, 5.41) is 5.76. The van der Waals surface area contributed by atoms with Gasteiger partial charge in [-0.2, -0.15) is 13.2 Å². The number of hydrogen-bond acceptors (Lipinski definition) is 2. The van der Waals surface area contributed by atoms with Gasteiger partial charge < -0.3 is 10.6 Å². The smallest absolute Gasteiger partial charge is 0.350 e. The summed E-state index contributed by atoms with van der Waals surface area (Å²) in [4.78, 5) is 12.2. The molecule has 1 aromatic carbocycles. The van der Waals surface area contributed by atoms with Gasteiger partial charge in [0.15, 0.2) is 0 Å². The standard InChI is InChI=1S/C15H19F3N2O/c1-14(8-4-5-9-20-14)13(21)19-10-11-6-2-3-7-12(11)15(16,17)18/h2-3,6-7,20H,4-5,8-10H2,1H3,(H,19,21). The van der Waals surface area contributed by atoms with Crippen LogP contribution in [0.1, 0.15) is 37.3 Å². The fourth-order valence-electron chi connectivity index (χ4n) is 2.57. The molecule has 1 heterocycles. The molecule has 0 bridgehead atoms. The van der Waals surface area contributed by atoms with E-state index in [1.807, 2.05) is 0 Å². The molecule has 1 fully saturated rings. The van der Waals surface area contributed by atoms with Crippen LogP contribution in [0.4, 0.5) is 13.2 Å². The van der Waals surface area contributed by atoms with Crippen molar-refractivity contribution in [3.8, 4) is 0 Å². The van der Waals surface area contributed by atoms with Crippen LogP contribution in [0.25, 0.3) is 0 Å². The highest BCUT2D eigenvalue weighted by Crippen LogP contribution is 2.31. The third-order valence-corrected chi connectivity index (χ3v) is 3.88. The molecule has 1 aromatic rings. The monoisotopic (exact) mass is 300 g/mol. The van der Waals surface area contributed by atoms with Crippen molar-refractivity contribution >= 4 is 5.91 Å². The Labute approximate surface area is 121 Å². The third-order valence-electron chi connectivity index (χ3n) is 3.88. The minimum atomic E-state index is -4.41. The molecule has 0 spiro atoms. The molecule has 1 atom stereocenters. The van der Waals surface area contributed by atoms with Crippen LogP contribution in [0, 0.1) is 0 Å². The van der Waals surface area contributed by atoms with Gasteiger partial charge in [-0.15, -0.1) is 0 Å². The van der Waals surface area contributed by atoms with Gasteiger partial charge in [0, 0.05) is 6.54 Å². The van der Waals surface area contributed by atoms with E-state index in [0.29, 0.717) is 6.42 Å². The number of halogens is 3. The second-order valence-electron chi connectivity index (χ2n) is 5.55. The number of rotatable bonds is 3. The molecule has 21 heavy (non-hydrogen) atoms. The van der Waals surface area contributed by atoms with E-state index >= 15 is 0 Å². The van der Waals surface area contributed by atoms with Crippen LogP contribution in [-0.2, 0) is 17.5 Å². The summed E-state index contributed by atoms with van der Waals surface area (Å²) >= 11 is 0. The van der Waals surface area contributed by atoms with Crippen LogP contribution in [0.15, 0.2) is 24.3 Å². The SMILES string of the molecule is CC1(C(=O)NCc2ccccc2C(F)(F)F)CCCCN1. The molecule has 0 radical (unpaired) electrons. The quantitative estimate of drug-likeness (QED) is 0.901. The van der Waals surface area contributed by atoms with Crippen molar-refractivity contribution < 1.29 is 18.0 Å². The average molecular weight is 300 g/mol. The minimum Gasteiger partial charge on any atom is -0.350 e. The summed E-state index contributed by atoms with van der Waals surface area (Å²) in [6, 6.07) is 5.30. The number of alkyl halides is 3. The van der Waals surface area contributed by atoms with Crippen LogP contribution in [0.5, 0.6) is 0 Å². The molecule has 1 unspecified atom stereocenters. The first kappa shape index (κ1) is 15.8. The van der Waals surface area contributed by atoms with E-state index in [2.05, 4.69) is 10.6 Å². The van der Waals surface area contributed by atoms with Crippen molar-refractivity contribution in [1.82, 2.24) is 10.6 Å². The molecule has 0 aliphatic carbocycles. The second kappa shape index (κ2) is 6.05. The van der Waals surface area contributed by atoms with Gasteiger partial charge in [-0.3, -0.25) is 4.79 Å². The number of carbonyl (C=O) groups is 1. The predicted molar refractivity (Wildman–Crippen MR) is 73.5 cm³/mol. The number of carbonyl (C=O) groups excluding carboxylic acids is 1. The zero-order valence-corrected chi connectivity index (χ0v) is 11.9. The maximum atomic E-state index is 12.9. The lowest BCUT2D eigenvalue weighted by molar-refractivity contribution is -0.138. The van der Waals surface area contributed by atoms with Gasteiger partial charge in [0.05, 0.1) is 11.1 Å². The number of benzene rings is 1. The molecule has 2 N–H and O–H groups in total. The van der Waals surface area contributed by atoms with Crippen LogP contribution < -0.4 is 10.6 Å². The fraction of sp³-hybridized carbons (Fsp3) is 0.533. The van der Waals surface area contributed by atoms with Gasteiger partial charge in [-0.1, -0.05) is 18.2 Å². The number of amides is 1. The Kier molecular flexibility index (Phi) is 4.56. The van der Waals surface area contributed by atoms with Gasteiger partial charge in [-0.25, -0.2) is 0 Å². The van der Waals surface area contributed by atoms with Crippen molar-refractivity contribution in [1.29, 1.82) is 0 Å². The van der Waals surface area contributed by atoms with Crippen molar-refractivity contribution in [3.05, 3.63) is 35.4 Å². The lowest BCUT2D eigenvalue weighted by Crippen LogP contribution is -2.56. The first-order chi connectivity index (χ1) is 9.83. The maximum absolute atomic E-state index is 12.9. The van der Waals surface area contributed by atoms with E-state index in [-0.39, 0.29) is 18.0 Å². The van der Waals surface area contributed by atoms with Gasteiger partial charge >= 0.3 is 6.18 Å². The van der Waals surface area contributed by atoms with Gasteiger partial charge in [0.1, 0.15) is 0 Å². The Morgan fingerprint density at radius 2 is 2.05 bits per heavy atom. The Morgan fingerprint density at radius 1 is 1.33 bits per heavy atom. The molecule has 116 valence electrons. The highest BCUT2D eigenvalue weighted by molar-refractivity contribution is 5.86. The molecule has 3 nitrogen and oxygen atoms in total. The van der Waals surface area contributed by atoms with E-state index in [9.17, 15) is 18.0 Å². The molecule has 0 saturated carbocycles. The summed E-state index contributed by atoms with van der Waals surface area (Å²) in [6.45, 7) is 2.42. The normalized spacial score (nSPS) is 22.9. The summed E-state index contributed by atoms with van der Waals surface area (Å²) in [7, 11) is 0. The number of nitrogens with one attached hydrogen (secondary N) is 2. The van der Waals surface area contributed by atoms with Crippen LogP contribution >= 0.6 is 0 Å². The van der Waals surface area contributed by atoms with Crippen molar-refractivity contribution in [2.45, 2.75) is 44.4 Å². The minimum absolute atomic E-state index is 0.0813. The van der Waals surface area contributed by atoms with E-state index in [0.717, 1.165) is 25.5 Å². The molecular formula is C15H19F3N2O. The van der Waals surface area contributed by atoms with Crippen LogP contribution in [0.2, 0.25) is 0 Å². The Hall–Kier alpha value is -1.56. The summed E-state index contributed by atoms with van der Waals surface area (Å²) < 4.78 is 38.6. The molecule has 6 heteroatoms. The van der Waals surface area contributed by atoms with E-state index in [4.69, 9.17) is 0 Å². The number of piperidine rings is 1. The van der Waals surface area contributed by atoms with E-state index < -0.39 is 17.3 Å². The first-order valence-electron chi connectivity index (χ1n) is 7.01. The van der Waals surface area contributed by atoms with Gasteiger partial charge in [-0.05, 0) is 44.4 Å². The molecule has 1 aliphatic heterocycles. The predicted octanol–water partition coefficient (Wildman–Crippen LogP) is 2.85. The van der Waals surface area contributed by atoms with E-state index in [1.54, 1.807) is 6.92 Å². The van der Waals surface area contributed by atoms with E-state index in [1.165, 1.54) is 18.2 Å². The maximum Gasteiger partial charge on any atom is 0.416 e. The second-order valence-corrected chi connectivity index (χ2v) is 5.55. The summed E-state index contributed by atoms with van der Waals surface area (Å²) in [5.74, 6) is -0.251. The third kappa shape index (κ3) is 3.75. The lowest BCUT2D eigenvalue weighted by Gasteiger charge is -2.33. The zero-order chi connectivity index (χ0) is 15.5. The highest BCUT2D eigenvalue weighted by Gasteiger charge is 2.35. The molecule has 0 aromatic heterocycles. The average Bonchev–Trinajstić information content (AvgIpc) is 2.45. The number of hydrogen-bond donors (Lipinski definition) is 2. The van der Waals surface area contributed by atoms with Crippen molar-refractivity contribution in [2.75, 3.05) is 6.54 Å². The lowest BCUT2D eigenvalue weighted by atomic mass is 9.90. The fourth-order valence-corrected chi connectivity index (χ4v) is 2.57. The van der Waals surface area contributed by atoms with Gasteiger partial charge in [0.2, 0.25) is 5.91 Å². The topological polar surface area (TPSA) is 41.1 Å². The van der Waals surface area contributed by atoms with Crippen LogP contribution in [0.3, 0.4) is 0 Å². The highest BCUT2D eigenvalue weighted by atomic mass is 19.4. The molecule has 1 saturated heterocycles. The molecule has 1 aliphatic rings. The summed E-state index contributed by atoms with van der Waals surface area (Å²) in [6.07, 6.45) is -1.76. The Bertz CT molecular complexity index is 508. The Morgan fingerprint density at radius 3 is 2.67 bits per heavy atom. The van der Waals surface area contributed by atoms with Crippen molar-refractivity contribution in [2.24, 2.45) is 0 Å². The van der Waals surface area contributed by atoms with Gasteiger partial charge in [0.25, 0.3) is 0 Å². The molecule has 2 rings (SSSR count). The molecule has 1 amide bonds. The first-order valence-corrected chi connectivity index (χ1v) is 7.01. The van der Waals surface area contributed by atoms with Crippen molar-refractivity contribution in [3.63, 3.8) is 0 Å².